The summed E-state index contributed by atoms with van der Waals surface area (Å²) in [5.41, 5.74) is 1.95. The average Bonchev–Trinajstić information content (AvgIpc) is 2.47. The maximum atomic E-state index is 4.57. The summed E-state index contributed by atoms with van der Waals surface area (Å²) in [6, 6.07) is 12.3. The van der Waals surface area contributed by atoms with Gasteiger partial charge in [-0.25, -0.2) is 4.98 Å². The minimum absolute atomic E-state index is 0.830. The minimum Gasteiger partial charge on any atom is -0.302 e. The molecule has 1 heterocycles. The molecule has 0 saturated heterocycles. The van der Waals surface area contributed by atoms with Crippen LogP contribution in [0, 0.1) is 0 Å². The molecule has 0 unspecified atom stereocenters. The van der Waals surface area contributed by atoms with Crippen molar-refractivity contribution in [2.24, 2.45) is 4.99 Å². The molecule has 0 atom stereocenters. The predicted octanol–water partition coefficient (Wildman–Crippen LogP) is 3.00. The zero-order valence-corrected chi connectivity index (χ0v) is 11.7. The van der Waals surface area contributed by atoms with Crippen LogP contribution in [0.4, 0.5) is 0 Å². The summed E-state index contributed by atoms with van der Waals surface area (Å²) in [6.45, 7) is 8.37. The monoisotopic (exact) mass is 255 g/mol. The van der Waals surface area contributed by atoms with Crippen molar-refractivity contribution < 1.29 is 0 Å². The Morgan fingerprint density at radius 3 is 2.68 bits per heavy atom. The highest BCUT2D eigenvalue weighted by Gasteiger charge is 1.97. The first-order valence-electron chi connectivity index (χ1n) is 6.91. The zero-order chi connectivity index (χ0) is 13.5. The van der Waals surface area contributed by atoms with E-state index in [1.165, 1.54) is 5.39 Å². The fourth-order valence-corrected chi connectivity index (χ4v) is 2.05. The van der Waals surface area contributed by atoms with E-state index in [4.69, 9.17) is 0 Å². The van der Waals surface area contributed by atoms with Gasteiger partial charge in [0.2, 0.25) is 0 Å². The van der Waals surface area contributed by atoms with Crippen molar-refractivity contribution in [3.8, 4) is 0 Å². The Kier molecular flexibility index (Phi) is 5.04. The molecule has 0 fully saturated rings. The molecule has 0 spiro atoms. The molecule has 3 heteroatoms. The number of nitrogens with zero attached hydrogens (tertiary/aromatic N) is 3. The molecule has 0 aliphatic heterocycles. The summed E-state index contributed by atoms with van der Waals surface area (Å²) in [7, 11) is 0. The van der Waals surface area contributed by atoms with Crippen molar-refractivity contribution in [2.75, 3.05) is 26.2 Å². The number of aromatic nitrogens is 1. The van der Waals surface area contributed by atoms with Gasteiger partial charge in [-0.05, 0) is 25.2 Å². The van der Waals surface area contributed by atoms with Crippen LogP contribution in [0.5, 0.6) is 0 Å². The average molecular weight is 255 g/mol. The van der Waals surface area contributed by atoms with E-state index in [0.717, 1.165) is 37.4 Å². The van der Waals surface area contributed by atoms with Crippen LogP contribution >= 0.6 is 0 Å². The Bertz CT molecular complexity index is 544. The van der Waals surface area contributed by atoms with E-state index in [-0.39, 0.29) is 0 Å². The standard InChI is InChI=1S/C16H21N3/c1-3-19(4-2)12-11-17-13-15-10-9-14-7-5-6-8-16(14)18-15/h5-10,13H,3-4,11-12H2,1-2H3. The lowest BCUT2D eigenvalue weighted by atomic mass is 10.2. The summed E-state index contributed by atoms with van der Waals surface area (Å²) in [5.74, 6) is 0. The second kappa shape index (κ2) is 7.00. The molecule has 0 amide bonds. The highest BCUT2D eigenvalue weighted by atomic mass is 15.1. The summed E-state index contributed by atoms with van der Waals surface area (Å²) in [4.78, 5) is 11.4. The van der Waals surface area contributed by atoms with Gasteiger partial charge in [0.15, 0.2) is 0 Å². The number of rotatable bonds is 6. The van der Waals surface area contributed by atoms with E-state index < -0.39 is 0 Å². The number of likely N-dealkylation sites (N-methyl/N-ethyl adjacent to an activating group) is 1. The van der Waals surface area contributed by atoms with Crippen molar-refractivity contribution in [2.45, 2.75) is 13.8 Å². The van der Waals surface area contributed by atoms with Crippen LogP contribution in [-0.4, -0.2) is 42.3 Å². The number of para-hydroxylation sites is 1. The van der Waals surface area contributed by atoms with E-state index in [9.17, 15) is 0 Å². The predicted molar refractivity (Wildman–Crippen MR) is 82.0 cm³/mol. The third-order valence-electron chi connectivity index (χ3n) is 3.28. The van der Waals surface area contributed by atoms with Crippen LogP contribution in [0.15, 0.2) is 41.4 Å². The molecule has 19 heavy (non-hydrogen) atoms. The number of aliphatic imine (C=N–C) groups is 1. The van der Waals surface area contributed by atoms with Crippen LogP contribution in [0.25, 0.3) is 10.9 Å². The molecule has 2 rings (SSSR count). The molecule has 1 aromatic carbocycles. The van der Waals surface area contributed by atoms with Crippen LogP contribution < -0.4 is 0 Å². The van der Waals surface area contributed by atoms with Gasteiger partial charge in [0.25, 0.3) is 0 Å². The summed E-state index contributed by atoms with van der Waals surface area (Å²) in [5, 5.41) is 1.17. The van der Waals surface area contributed by atoms with Crippen LogP contribution in [0.1, 0.15) is 19.5 Å². The van der Waals surface area contributed by atoms with Gasteiger partial charge in [0.1, 0.15) is 0 Å². The SMILES string of the molecule is CCN(CC)CCN=Cc1ccc2ccccc2n1. The van der Waals surface area contributed by atoms with Gasteiger partial charge >= 0.3 is 0 Å². The number of hydrogen-bond acceptors (Lipinski definition) is 3. The summed E-state index contributed by atoms with van der Waals surface area (Å²) >= 11 is 0. The Balaban J connectivity index is 1.97. The number of hydrogen-bond donors (Lipinski definition) is 0. The van der Waals surface area contributed by atoms with Crippen LogP contribution in [0.2, 0.25) is 0 Å². The van der Waals surface area contributed by atoms with E-state index in [2.05, 4.69) is 40.9 Å². The molecule has 0 aliphatic carbocycles. The maximum Gasteiger partial charge on any atom is 0.0815 e. The first-order valence-corrected chi connectivity index (χ1v) is 6.91. The maximum absolute atomic E-state index is 4.57. The minimum atomic E-state index is 0.830. The molecule has 0 saturated carbocycles. The Morgan fingerprint density at radius 2 is 1.89 bits per heavy atom. The Morgan fingerprint density at radius 1 is 1.11 bits per heavy atom. The number of benzene rings is 1. The normalized spacial score (nSPS) is 11.7. The largest absolute Gasteiger partial charge is 0.302 e. The third kappa shape index (κ3) is 3.86. The smallest absolute Gasteiger partial charge is 0.0815 e. The Hall–Kier alpha value is -1.74. The molecule has 1 aromatic heterocycles. The molecule has 0 radical (unpaired) electrons. The van der Waals surface area contributed by atoms with E-state index in [1.807, 2.05) is 30.5 Å². The lowest BCUT2D eigenvalue weighted by molar-refractivity contribution is 0.313. The first-order chi connectivity index (χ1) is 9.33. The summed E-state index contributed by atoms with van der Waals surface area (Å²) < 4.78 is 0. The lowest BCUT2D eigenvalue weighted by Crippen LogP contribution is -2.25. The van der Waals surface area contributed by atoms with Crippen LogP contribution in [-0.2, 0) is 0 Å². The second-order valence-corrected chi connectivity index (χ2v) is 4.49. The highest BCUT2D eigenvalue weighted by molar-refractivity contribution is 5.84. The fourth-order valence-electron chi connectivity index (χ4n) is 2.05. The molecule has 2 aromatic rings. The Labute approximate surface area is 115 Å². The topological polar surface area (TPSA) is 28.5 Å². The third-order valence-corrected chi connectivity index (χ3v) is 3.28. The van der Waals surface area contributed by atoms with Gasteiger partial charge in [0.05, 0.1) is 17.8 Å². The molecular formula is C16H21N3. The molecule has 0 bridgehead atoms. The molecule has 0 N–H and O–H groups in total. The van der Waals surface area contributed by atoms with Crippen molar-refractivity contribution in [1.29, 1.82) is 0 Å². The number of pyridine rings is 1. The van der Waals surface area contributed by atoms with Crippen molar-refractivity contribution in [3.05, 3.63) is 42.1 Å². The molecular weight excluding hydrogens is 234 g/mol. The first kappa shape index (κ1) is 13.7. The molecule has 0 aliphatic rings. The zero-order valence-electron chi connectivity index (χ0n) is 11.7. The summed E-state index contributed by atoms with van der Waals surface area (Å²) in [6.07, 6.45) is 1.87. The molecule has 3 nitrogen and oxygen atoms in total. The van der Waals surface area contributed by atoms with E-state index in [0.29, 0.717) is 0 Å². The lowest BCUT2D eigenvalue weighted by Gasteiger charge is -2.15. The van der Waals surface area contributed by atoms with Crippen molar-refractivity contribution in [1.82, 2.24) is 9.88 Å². The van der Waals surface area contributed by atoms with Crippen molar-refractivity contribution in [3.63, 3.8) is 0 Å². The van der Waals surface area contributed by atoms with Crippen molar-refractivity contribution >= 4 is 17.1 Å². The van der Waals surface area contributed by atoms with E-state index >= 15 is 0 Å². The number of fused-ring (bicyclic) bond motifs is 1. The quantitative estimate of drug-likeness (QED) is 0.742. The van der Waals surface area contributed by atoms with Gasteiger partial charge < -0.3 is 4.90 Å². The van der Waals surface area contributed by atoms with Crippen LogP contribution in [0.3, 0.4) is 0 Å². The van der Waals surface area contributed by atoms with Gasteiger partial charge in [-0.2, -0.15) is 0 Å². The van der Waals surface area contributed by atoms with Gasteiger partial charge in [0, 0.05) is 18.1 Å². The fraction of sp³-hybridized carbons (Fsp3) is 0.375. The van der Waals surface area contributed by atoms with Gasteiger partial charge in [-0.1, -0.05) is 38.1 Å². The van der Waals surface area contributed by atoms with E-state index in [1.54, 1.807) is 0 Å². The van der Waals surface area contributed by atoms with Gasteiger partial charge in [-0.15, -0.1) is 0 Å². The highest BCUT2D eigenvalue weighted by Crippen LogP contribution is 2.10. The van der Waals surface area contributed by atoms with Gasteiger partial charge in [-0.3, -0.25) is 4.99 Å². The second-order valence-electron chi connectivity index (χ2n) is 4.49. The molecule has 100 valence electrons.